The fourth-order valence-electron chi connectivity index (χ4n) is 1.93. The molecule has 0 aromatic carbocycles. The molecule has 2 aromatic heterocycles. The van der Waals surface area contributed by atoms with Crippen LogP contribution in [0.25, 0.3) is 0 Å². The van der Waals surface area contributed by atoms with Crippen LogP contribution in [0.4, 0.5) is 0 Å². The third-order valence-electron chi connectivity index (χ3n) is 2.92. The normalized spacial score (nSPS) is 14.2. The van der Waals surface area contributed by atoms with Crippen molar-refractivity contribution in [1.29, 1.82) is 0 Å². The van der Waals surface area contributed by atoms with Crippen molar-refractivity contribution in [1.82, 2.24) is 4.98 Å². The smallest absolute Gasteiger partial charge is 0.135 e. The quantitative estimate of drug-likeness (QED) is 0.866. The highest BCUT2D eigenvalue weighted by Crippen LogP contribution is 2.38. The maximum absolute atomic E-state index is 10.5. The predicted octanol–water partition coefficient (Wildman–Crippen LogP) is 1.93. The molecule has 3 N–H and O–H groups in total. The summed E-state index contributed by atoms with van der Waals surface area (Å²) in [4.78, 5) is 4.78. The van der Waals surface area contributed by atoms with E-state index in [2.05, 4.69) is 4.98 Å². The number of thiophene rings is 1. The first-order chi connectivity index (χ1) is 8.77. The van der Waals surface area contributed by atoms with Gasteiger partial charge >= 0.3 is 0 Å². The molecule has 0 aliphatic heterocycles. The lowest BCUT2D eigenvalue weighted by Gasteiger charge is -2.21. The number of pyridine rings is 1. The molecule has 2 heterocycles. The van der Waals surface area contributed by atoms with Gasteiger partial charge in [0.1, 0.15) is 5.75 Å². The van der Waals surface area contributed by atoms with Crippen LogP contribution in [0.1, 0.15) is 22.5 Å². The maximum atomic E-state index is 10.5. The van der Waals surface area contributed by atoms with Crippen molar-refractivity contribution in [2.24, 2.45) is 5.73 Å². The Morgan fingerprint density at radius 3 is 2.72 bits per heavy atom. The van der Waals surface area contributed by atoms with Gasteiger partial charge in [0, 0.05) is 24.9 Å². The summed E-state index contributed by atoms with van der Waals surface area (Å²) in [5, 5.41) is 12.4. The number of aliphatic hydroxyl groups is 1. The molecule has 18 heavy (non-hydrogen) atoms. The molecule has 0 fully saturated rings. The minimum atomic E-state index is -0.660. The third-order valence-corrected chi connectivity index (χ3v) is 3.88. The molecule has 2 atom stereocenters. The minimum absolute atomic E-state index is 0.152. The SMILES string of the molecule is COc1ccsc1C(O)C(CN)c1ccncc1. The topological polar surface area (TPSA) is 68.4 Å². The summed E-state index contributed by atoms with van der Waals surface area (Å²) < 4.78 is 5.23. The molecule has 0 aliphatic rings. The van der Waals surface area contributed by atoms with Gasteiger partial charge in [-0.25, -0.2) is 0 Å². The molecule has 96 valence electrons. The number of aromatic nitrogens is 1. The van der Waals surface area contributed by atoms with Gasteiger partial charge in [0.05, 0.1) is 18.1 Å². The van der Waals surface area contributed by atoms with Crippen molar-refractivity contribution in [3.63, 3.8) is 0 Å². The highest BCUT2D eigenvalue weighted by atomic mass is 32.1. The molecule has 0 aliphatic carbocycles. The Kier molecular flexibility index (Phi) is 4.30. The summed E-state index contributed by atoms with van der Waals surface area (Å²) in [5.74, 6) is 0.556. The summed E-state index contributed by atoms with van der Waals surface area (Å²) in [5.41, 5.74) is 6.77. The van der Waals surface area contributed by atoms with E-state index in [1.807, 2.05) is 23.6 Å². The zero-order chi connectivity index (χ0) is 13.0. The van der Waals surface area contributed by atoms with E-state index in [-0.39, 0.29) is 5.92 Å². The standard InChI is InChI=1S/C13H16N2O2S/c1-17-11-4-7-18-13(11)12(16)10(8-14)9-2-5-15-6-3-9/h2-7,10,12,16H,8,14H2,1H3. The van der Waals surface area contributed by atoms with Gasteiger partial charge in [-0.1, -0.05) is 0 Å². The second-order valence-corrected chi connectivity index (χ2v) is 4.87. The van der Waals surface area contributed by atoms with Gasteiger partial charge in [-0.3, -0.25) is 4.98 Å². The van der Waals surface area contributed by atoms with E-state index in [4.69, 9.17) is 10.5 Å². The molecule has 2 rings (SSSR count). The monoisotopic (exact) mass is 264 g/mol. The Hall–Kier alpha value is -1.43. The third kappa shape index (κ3) is 2.53. The molecule has 0 saturated carbocycles. The Labute approximate surface area is 110 Å². The summed E-state index contributed by atoms with van der Waals surface area (Å²) >= 11 is 1.47. The molecule has 2 unspecified atom stereocenters. The molecular formula is C13H16N2O2S. The molecule has 0 radical (unpaired) electrons. The Bertz CT molecular complexity index is 487. The van der Waals surface area contributed by atoms with Gasteiger partial charge in [-0.15, -0.1) is 11.3 Å². The van der Waals surface area contributed by atoms with Crippen molar-refractivity contribution >= 4 is 11.3 Å². The number of aliphatic hydroxyl groups excluding tert-OH is 1. The van der Waals surface area contributed by atoms with Crippen LogP contribution in [-0.2, 0) is 0 Å². The second kappa shape index (κ2) is 5.95. The van der Waals surface area contributed by atoms with Crippen LogP contribution in [0.3, 0.4) is 0 Å². The maximum Gasteiger partial charge on any atom is 0.135 e. The van der Waals surface area contributed by atoms with Crippen LogP contribution < -0.4 is 10.5 Å². The molecule has 0 amide bonds. The number of rotatable bonds is 5. The lowest BCUT2D eigenvalue weighted by molar-refractivity contribution is 0.147. The summed E-state index contributed by atoms with van der Waals surface area (Å²) in [6, 6.07) is 5.60. The average Bonchev–Trinajstić information content (AvgIpc) is 2.89. The largest absolute Gasteiger partial charge is 0.495 e. The molecule has 0 spiro atoms. The van der Waals surface area contributed by atoms with Crippen LogP contribution in [0.2, 0.25) is 0 Å². The lowest BCUT2D eigenvalue weighted by atomic mass is 9.93. The number of nitrogens with zero attached hydrogens (tertiary/aromatic N) is 1. The zero-order valence-electron chi connectivity index (χ0n) is 10.1. The van der Waals surface area contributed by atoms with Crippen molar-refractivity contribution < 1.29 is 9.84 Å². The predicted molar refractivity (Wildman–Crippen MR) is 71.9 cm³/mol. The van der Waals surface area contributed by atoms with E-state index in [1.165, 1.54) is 11.3 Å². The number of hydrogen-bond donors (Lipinski definition) is 2. The summed E-state index contributed by atoms with van der Waals surface area (Å²) in [6.45, 7) is 0.367. The fourth-order valence-corrected chi connectivity index (χ4v) is 2.84. The van der Waals surface area contributed by atoms with Gasteiger partial charge in [-0.2, -0.15) is 0 Å². The van der Waals surface area contributed by atoms with Crippen molar-refractivity contribution in [3.05, 3.63) is 46.4 Å². The molecule has 0 saturated heterocycles. The van der Waals surface area contributed by atoms with E-state index in [0.29, 0.717) is 12.3 Å². The first-order valence-corrected chi connectivity index (χ1v) is 6.55. The highest BCUT2D eigenvalue weighted by molar-refractivity contribution is 7.10. The summed E-state index contributed by atoms with van der Waals surface area (Å²) in [7, 11) is 1.60. The van der Waals surface area contributed by atoms with Gasteiger partial charge in [0.15, 0.2) is 0 Å². The van der Waals surface area contributed by atoms with Crippen LogP contribution in [-0.4, -0.2) is 23.7 Å². The van der Waals surface area contributed by atoms with Crippen LogP contribution in [0.15, 0.2) is 36.0 Å². The summed E-state index contributed by atoms with van der Waals surface area (Å²) in [6.07, 6.45) is 2.75. The van der Waals surface area contributed by atoms with Gasteiger partial charge < -0.3 is 15.6 Å². The first kappa shape index (κ1) is 13.0. The fraction of sp³-hybridized carbons (Fsp3) is 0.308. The van der Waals surface area contributed by atoms with Gasteiger partial charge in [-0.05, 0) is 29.1 Å². The second-order valence-electron chi connectivity index (χ2n) is 3.92. The number of ether oxygens (including phenoxy) is 1. The molecule has 2 aromatic rings. The molecule has 0 bridgehead atoms. The van der Waals surface area contributed by atoms with E-state index in [1.54, 1.807) is 19.5 Å². The first-order valence-electron chi connectivity index (χ1n) is 5.67. The molecular weight excluding hydrogens is 248 g/mol. The minimum Gasteiger partial charge on any atom is -0.495 e. The van der Waals surface area contributed by atoms with Crippen molar-refractivity contribution in [2.75, 3.05) is 13.7 Å². The van der Waals surface area contributed by atoms with Crippen molar-refractivity contribution in [3.8, 4) is 5.75 Å². The zero-order valence-corrected chi connectivity index (χ0v) is 10.9. The number of nitrogens with two attached hydrogens (primary N) is 1. The molecule has 4 nitrogen and oxygen atoms in total. The van der Waals surface area contributed by atoms with Gasteiger partial charge in [0.2, 0.25) is 0 Å². The van der Waals surface area contributed by atoms with Crippen LogP contribution in [0.5, 0.6) is 5.75 Å². The number of methoxy groups -OCH3 is 1. The van der Waals surface area contributed by atoms with Crippen LogP contribution in [0, 0.1) is 0 Å². The Balaban J connectivity index is 2.28. The van der Waals surface area contributed by atoms with E-state index >= 15 is 0 Å². The van der Waals surface area contributed by atoms with Crippen molar-refractivity contribution in [2.45, 2.75) is 12.0 Å². The van der Waals surface area contributed by atoms with E-state index in [0.717, 1.165) is 10.4 Å². The molecule has 5 heteroatoms. The van der Waals surface area contributed by atoms with E-state index in [9.17, 15) is 5.11 Å². The Morgan fingerprint density at radius 2 is 2.11 bits per heavy atom. The number of hydrogen-bond acceptors (Lipinski definition) is 5. The van der Waals surface area contributed by atoms with Gasteiger partial charge in [0.25, 0.3) is 0 Å². The average molecular weight is 264 g/mol. The lowest BCUT2D eigenvalue weighted by Crippen LogP contribution is -2.19. The highest BCUT2D eigenvalue weighted by Gasteiger charge is 2.25. The van der Waals surface area contributed by atoms with E-state index < -0.39 is 6.10 Å². The Morgan fingerprint density at radius 1 is 1.39 bits per heavy atom. The van der Waals surface area contributed by atoms with Crippen LogP contribution >= 0.6 is 11.3 Å².